The Morgan fingerprint density at radius 1 is 1.10 bits per heavy atom. The normalized spacial score (nSPS) is 16.0. The summed E-state index contributed by atoms with van der Waals surface area (Å²) < 4.78 is 5.88. The molecule has 0 bridgehead atoms. The molecule has 0 radical (unpaired) electrons. The van der Waals surface area contributed by atoms with Crippen LogP contribution in [-0.4, -0.2) is 34.3 Å². The molecular weight excluding hydrogens is 410 g/mol. The first-order valence-corrected chi connectivity index (χ1v) is 11.3. The number of nitrogens with one attached hydrogen (secondary N) is 1. The number of nitrogens with zero attached hydrogens (tertiary/aromatic N) is 2. The van der Waals surface area contributed by atoms with Crippen LogP contribution in [0.1, 0.15) is 40.1 Å². The van der Waals surface area contributed by atoms with E-state index in [4.69, 9.17) is 4.74 Å². The molecule has 1 saturated heterocycles. The Hall–Kier alpha value is -3.19. The number of thiophene rings is 1. The lowest BCUT2D eigenvalue weighted by atomic mass is 10.0. The summed E-state index contributed by atoms with van der Waals surface area (Å²) >= 11 is 1.41. The van der Waals surface area contributed by atoms with Gasteiger partial charge in [0.2, 0.25) is 11.8 Å². The van der Waals surface area contributed by atoms with Crippen LogP contribution in [0.15, 0.2) is 66.2 Å². The van der Waals surface area contributed by atoms with Gasteiger partial charge < -0.3 is 15.0 Å². The molecule has 0 spiro atoms. The van der Waals surface area contributed by atoms with Crippen LogP contribution >= 0.6 is 11.3 Å². The molecule has 1 fully saturated rings. The Labute approximate surface area is 185 Å². The van der Waals surface area contributed by atoms with Gasteiger partial charge in [-0.1, -0.05) is 42.5 Å². The van der Waals surface area contributed by atoms with Crippen molar-refractivity contribution in [1.82, 2.24) is 15.2 Å². The van der Waals surface area contributed by atoms with Crippen LogP contribution in [0.25, 0.3) is 0 Å². The fourth-order valence-electron chi connectivity index (χ4n) is 3.70. The molecule has 31 heavy (non-hydrogen) atoms. The second-order valence-corrected chi connectivity index (χ2v) is 8.39. The summed E-state index contributed by atoms with van der Waals surface area (Å²) in [4.78, 5) is 32.5. The summed E-state index contributed by atoms with van der Waals surface area (Å²) in [5.74, 6) is 0.299. The van der Waals surface area contributed by atoms with Crippen LogP contribution in [-0.2, 0) is 17.9 Å². The van der Waals surface area contributed by atoms with Crippen molar-refractivity contribution in [3.63, 3.8) is 0 Å². The molecule has 1 unspecified atom stereocenters. The Kier molecular flexibility index (Phi) is 6.94. The number of ether oxygens (including phenoxy) is 1. The monoisotopic (exact) mass is 435 g/mol. The van der Waals surface area contributed by atoms with Gasteiger partial charge in [0.25, 0.3) is 5.91 Å². The fraction of sp³-hybridized carbons (Fsp3) is 0.292. The van der Waals surface area contributed by atoms with E-state index in [0.717, 1.165) is 24.0 Å². The first-order valence-electron chi connectivity index (χ1n) is 10.4. The van der Waals surface area contributed by atoms with E-state index in [0.29, 0.717) is 36.9 Å². The highest BCUT2D eigenvalue weighted by atomic mass is 32.1. The predicted octanol–water partition coefficient (Wildman–Crippen LogP) is 4.03. The lowest BCUT2D eigenvalue weighted by molar-refractivity contribution is -0.126. The zero-order valence-corrected chi connectivity index (χ0v) is 18.0. The molecule has 4 rings (SSSR count). The van der Waals surface area contributed by atoms with Crippen molar-refractivity contribution in [3.05, 3.63) is 82.2 Å². The van der Waals surface area contributed by atoms with E-state index in [1.54, 1.807) is 11.1 Å². The molecule has 1 aromatic carbocycles. The third-order valence-corrected chi connectivity index (χ3v) is 6.18. The Morgan fingerprint density at radius 2 is 1.97 bits per heavy atom. The lowest BCUT2D eigenvalue weighted by Gasteiger charge is -2.34. The second kappa shape index (κ2) is 10.2. The number of pyridine rings is 1. The summed E-state index contributed by atoms with van der Waals surface area (Å²) in [7, 11) is 0. The zero-order valence-electron chi connectivity index (χ0n) is 17.2. The van der Waals surface area contributed by atoms with Crippen LogP contribution in [0.5, 0.6) is 5.88 Å². The van der Waals surface area contributed by atoms with Crippen LogP contribution in [0.2, 0.25) is 0 Å². The largest absolute Gasteiger partial charge is 0.473 e. The zero-order chi connectivity index (χ0) is 21.5. The molecule has 7 heteroatoms. The molecular formula is C24H25N3O3S. The number of carbonyl (C=O) groups excluding carboxylic acids is 2. The maximum atomic E-state index is 13.0. The van der Waals surface area contributed by atoms with E-state index in [-0.39, 0.29) is 11.8 Å². The summed E-state index contributed by atoms with van der Waals surface area (Å²) in [6, 6.07) is 16.8. The van der Waals surface area contributed by atoms with E-state index in [1.807, 2.05) is 60.0 Å². The van der Waals surface area contributed by atoms with Crippen molar-refractivity contribution in [1.29, 1.82) is 0 Å². The van der Waals surface area contributed by atoms with Crippen LogP contribution in [0, 0.1) is 0 Å². The van der Waals surface area contributed by atoms with Gasteiger partial charge in [-0.15, -0.1) is 11.3 Å². The molecule has 2 aromatic heterocycles. The quantitative estimate of drug-likeness (QED) is 0.608. The van der Waals surface area contributed by atoms with Crippen molar-refractivity contribution in [2.24, 2.45) is 0 Å². The number of piperidine rings is 1. The van der Waals surface area contributed by atoms with Gasteiger partial charge in [0.05, 0.1) is 4.88 Å². The van der Waals surface area contributed by atoms with Gasteiger partial charge in [-0.3, -0.25) is 9.59 Å². The topological polar surface area (TPSA) is 71.5 Å². The Balaban J connectivity index is 1.39. The van der Waals surface area contributed by atoms with E-state index >= 15 is 0 Å². The third-order valence-electron chi connectivity index (χ3n) is 5.32. The molecule has 3 aromatic rings. The number of hydrogen-bond donors (Lipinski definition) is 1. The molecule has 2 amide bonds. The fourth-order valence-corrected chi connectivity index (χ4v) is 4.38. The van der Waals surface area contributed by atoms with E-state index in [9.17, 15) is 9.59 Å². The maximum absolute atomic E-state index is 13.0. The van der Waals surface area contributed by atoms with Gasteiger partial charge in [-0.05, 0) is 42.3 Å². The highest BCUT2D eigenvalue weighted by molar-refractivity contribution is 7.12. The SMILES string of the molecule is O=C(NCc1cccnc1OCc1ccccc1)C1CCCCN1C(=O)c1cccs1. The van der Waals surface area contributed by atoms with Gasteiger partial charge in [-0.2, -0.15) is 0 Å². The minimum Gasteiger partial charge on any atom is -0.473 e. The van der Waals surface area contributed by atoms with Gasteiger partial charge in [0, 0.05) is 24.8 Å². The smallest absolute Gasteiger partial charge is 0.264 e. The summed E-state index contributed by atoms with van der Waals surface area (Å²) in [5, 5.41) is 4.87. The number of hydrogen-bond acceptors (Lipinski definition) is 5. The summed E-state index contributed by atoms with van der Waals surface area (Å²) in [5.41, 5.74) is 1.85. The second-order valence-electron chi connectivity index (χ2n) is 7.45. The number of benzene rings is 1. The summed E-state index contributed by atoms with van der Waals surface area (Å²) in [6.07, 6.45) is 4.20. The number of rotatable bonds is 7. The molecule has 0 saturated carbocycles. The van der Waals surface area contributed by atoms with Gasteiger partial charge in [-0.25, -0.2) is 4.98 Å². The third kappa shape index (κ3) is 5.30. The van der Waals surface area contributed by atoms with Crippen molar-refractivity contribution >= 4 is 23.2 Å². The molecule has 1 atom stereocenters. The van der Waals surface area contributed by atoms with E-state index in [1.165, 1.54) is 11.3 Å². The van der Waals surface area contributed by atoms with Crippen LogP contribution in [0.4, 0.5) is 0 Å². The van der Waals surface area contributed by atoms with Crippen molar-refractivity contribution < 1.29 is 14.3 Å². The summed E-state index contributed by atoms with van der Waals surface area (Å²) in [6.45, 7) is 1.31. The highest BCUT2D eigenvalue weighted by Gasteiger charge is 2.32. The number of amides is 2. The van der Waals surface area contributed by atoms with Crippen molar-refractivity contribution in [2.75, 3.05) is 6.54 Å². The van der Waals surface area contributed by atoms with Gasteiger partial charge >= 0.3 is 0 Å². The average Bonchev–Trinajstić information content (AvgIpc) is 3.37. The minimum absolute atomic E-state index is 0.0666. The molecule has 6 nitrogen and oxygen atoms in total. The first kappa shape index (κ1) is 21.1. The Morgan fingerprint density at radius 3 is 2.77 bits per heavy atom. The highest BCUT2D eigenvalue weighted by Crippen LogP contribution is 2.22. The predicted molar refractivity (Wildman–Crippen MR) is 120 cm³/mol. The number of carbonyl (C=O) groups is 2. The van der Waals surface area contributed by atoms with Gasteiger partial charge in [0.15, 0.2) is 0 Å². The van der Waals surface area contributed by atoms with Crippen molar-refractivity contribution in [3.8, 4) is 5.88 Å². The van der Waals surface area contributed by atoms with Crippen LogP contribution < -0.4 is 10.1 Å². The maximum Gasteiger partial charge on any atom is 0.264 e. The molecule has 1 N–H and O–H groups in total. The van der Waals surface area contributed by atoms with E-state index < -0.39 is 6.04 Å². The first-order chi connectivity index (χ1) is 15.2. The molecule has 1 aliphatic rings. The Bertz CT molecular complexity index is 1010. The molecule has 1 aliphatic heterocycles. The minimum atomic E-state index is -0.450. The molecule has 160 valence electrons. The standard InChI is InChI=1S/C24H25N3O3S/c28-22(20-11-4-5-14-27(20)24(29)21-12-7-15-31-21)26-16-19-10-6-13-25-23(19)30-17-18-8-2-1-3-9-18/h1-3,6-10,12-13,15,20H,4-5,11,14,16-17H2,(H,26,28). The molecule has 3 heterocycles. The van der Waals surface area contributed by atoms with E-state index in [2.05, 4.69) is 10.3 Å². The number of aromatic nitrogens is 1. The lowest BCUT2D eigenvalue weighted by Crippen LogP contribution is -2.51. The van der Waals surface area contributed by atoms with Crippen LogP contribution in [0.3, 0.4) is 0 Å². The van der Waals surface area contributed by atoms with Crippen molar-refractivity contribution in [2.45, 2.75) is 38.5 Å². The average molecular weight is 436 g/mol. The molecule has 0 aliphatic carbocycles. The van der Waals surface area contributed by atoms with Gasteiger partial charge in [0.1, 0.15) is 12.6 Å². The number of likely N-dealkylation sites (tertiary alicyclic amines) is 1.